The Labute approximate surface area is 118 Å². The second-order valence-electron chi connectivity index (χ2n) is 4.85. The monoisotopic (exact) mass is 264 g/mol. The molecule has 0 saturated carbocycles. The third-order valence-electron chi connectivity index (χ3n) is 3.69. The summed E-state index contributed by atoms with van der Waals surface area (Å²) in [6.45, 7) is 0.898. The second-order valence-corrected chi connectivity index (χ2v) is 4.85. The smallest absolute Gasteiger partial charge is 0.122 e. The van der Waals surface area contributed by atoms with Crippen molar-refractivity contribution in [2.45, 2.75) is 19.1 Å². The molecule has 20 heavy (non-hydrogen) atoms. The molecule has 3 rings (SSSR count). The zero-order valence-corrected chi connectivity index (χ0v) is 11.4. The fraction of sp³-hybridized carbons (Fsp3) is 0.235. The van der Waals surface area contributed by atoms with E-state index >= 15 is 0 Å². The van der Waals surface area contributed by atoms with Crippen LogP contribution in [0.15, 0.2) is 42.5 Å². The molecule has 3 nitrogen and oxygen atoms in total. The number of nitrogens with zero attached hydrogens (tertiary/aromatic N) is 2. The van der Waals surface area contributed by atoms with Crippen LogP contribution in [0.2, 0.25) is 0 Å². The van der Waals surface area contributed by atoms with Gasteiger partial charge in [-0.25, -0.2) is 0 Å². The van der Waals surface area contributed by atoms with E-state index < -0.39 is 0 Å². The molecule has 1 aliphatic rings. The van der Waals surface area contributed by atoms with Crippen molar-refractivity contribution in [1.82, 2.24) is 4.57 Å². The highest BCUT2D eigenvalue weighted by atomic mass is 16.5. The fourth-order valence-corrected chi connectivity index (χ4v) is 2.77. The molecule has 0 saturated heterocycles. The van der Waals surface area contributed by atoms with Crippen LogP contribution in [-0.4, -0.2) is 11.7 Å². The third kappa shape index (κ3) is 2.04. The van der Waals surface area contributed by atoms with Crippen molar-refractivity contribution in [3.05, 3.63) is 65.0 Å². The number of nitriles is 1. The Morgan fingerprint density at radius 3 is 2.80 bits per heavy atom. The number of rotatable bonds is 3. The van der Waals surface area contributed by atoms with Gasteiger partial charge in [-0.1, -0.05) is 36.4 Å². The number of benzene rings is 1. The number of hydrogen-bond donors (Lipinski definition) is 0. The van der Waals surface area contributed by atoms with Crippen LogP contribution < -0.4 is 0 Å². The highest BCUT2D eigenvalue weighted by molar-refractivity contribution is 5.58. The Hall–Kier alpha value is -2.31. The molecule has 1 aliphatic heterocycles. The van der Waals surface area contributed by atoms with E-state index in [-0.39, 0.29) is 6.10 Å². The summed E-state index contributed by atoms with van der Waals surface area (Å²) in [7, 11) is 1.71. The molecule has 2 heterocycles. The van der Waals surface area contributed by atoms with E-state index in [0.717, 1.165) is 29.9 Å². The topological polar surface area (TPSA) is 37.9 Å². The Kier molecular flexibility index (Phi) is 3.41. The largest absolute Gasteiger partial charge is 0.370 e. The van der Waals surface area contributed by atoms with E-state index in [1.807, 2.05) is 30.3 Å². The molecule has 1 aromatic heterocycles. The van der Waals surface area contributed by atoms with Gasteiger partial charge < -0.3 is 9.30 Å². The van der Waals surface area contributed by atoms with Crippen molar-refractivity contribution in [2.24, 2.45) is 0 Å². The van der Waals surface area contributed by atoms with Crippen molar-refractivity contribution in [2.75, 3.05) is 7.11 Å². The van der Waals surface area contributed by atoms with Crippen molar-refractivity contribution in [1.29, 1.82) is 5.26 Å². The molecule has 0 aliphatic carbocycles. The van der Waals surface area contributed by atoms with Gasteiger partial charge in [-0.3, -0.25) is 0 Å². The van der Waals surface area contributed by atoms with Gasteiger partial charge in [0.1, 0.15) is 12.2 Å². The van der Waals surface area contributed by atoms with Crippen LogP contribution in [0.5, 0.6) is 0 Å². The average molecular weight is 264 g/mol. The Balaban J connectivity index is 2.12. The first-order chi connectivity index (χ1) is 9.85. The molecule has 1 aromatic carbocycles. The first kappa shape index (κ1) is 12.7. The van der Waals surface area contributed by atoms with E-state index in [2.05, 4.69) is 28.8 Å². The molecule has 1 atom stereocenters. The Bertz CT molecular complexity index is 677. The maximum absolute atomic E-state index is 9.29. The third-order valence-corrected chi connectivity index (χ3v) is 3.69. The van der Waals surface area contributed by atoms with Gasteiger partial charge in [0, 0.05) is 13.7 Å². The van der Waals surface area contributed by atoms with Crippen LogP contribution in [0.25, 0.3) is 6.08 Å². The molecular weight excluding hydrogens is 248 g/mol. The van der Waals surface area contributed by atoms with Gasteiger partial charge in [0.15, 0.2) is 0 Å². The summed E-state index contributed by atoms with van der Waals surface area (Å²) in [5.74, 6) is 0. The van der Waals surface area contributed by atoms with Crippen molar-refractivity contribution in [3.63, 3.8) is 0 Å². The molecule has 0 fully saturated rings. The molecule has 100 valence electrons. The lowest BCUT2D eigenvalue weighted by Gasteiger charge is -2.21. The Morgan fingerprint density at radius 1 is 1.30 bits per heavy atom. The minimum Gasteiger partial charge on any atom is -0.370 e. The first-order valence-electron chi connectivity index (χ1n) is 6.73. The summed E-state index contributed by atoms with van der Waals surface area (Å²) in [5.41, 5.74) is 3.87. The molecule has 3 heteroatoms. The summed E-state index contributed by atoms with van der Waals surface area (Å²) in [6, 6.07) is 14.3. The predicted molar refractivity (Wildman–Crippen MR) is 78.1 cm³/mol. The summed E-state index contributed by atoms with van der Waals surface area (Å²) in [6.07, 6.45) is 5.00. The van der Waals surface area contributed by atoms with Crippen molar-refractivity contribution in [3.8, 4) is 6.07 Å². The second kappa shape index (κ2) is 5.36. The van der Waals surface area contributed by atoms with Crippen LogP contribution >= 0.6 is 0 Å². The SMILES string of the molecule is CO[C@H](c1ccccc1)c1cc(C#N)c2n1CCC=C2. The molecule has 2 aromatic rings. The van der Waals surface area contributed by atoms with Crippen molar-refractivity contribution < 1.29 is 4.74 Å². The van der Waals surface area contributed by atoms with Crippen LogP contribution in [0.4, 0.5) is 0 Å². The van der Waals surface area contributed by atoms with E-state index in [1.54, 1.807) is 7.11 Å². The quantitative estimate of drug-likeness (QED) is 0.850. The number of aromatic nitrogens is 1. The lowest BCUT2D eigenvalue weighted by atomic mass is 10.1. The minimum atomic E-state index is -0.136. The maximum Gasteiger partial charge on any atom is 0.122 e. The first-order valence-corrected chi connectivity index (χ1v) is 6.73. The lowest BCUT2D eigenvalue weighted by Crippen LogP contribution is -2.13. The van der Waals surface area contributed by atoms with Crippen LogP contribution in [-0.2, 0) is 11.3 Å². The standard InChI is InChI=1S/C17H16N2O/c1-20-17(13-7-3-2-4-8-13)16-11-14(12-18)15-9-5-6-10-19(15)16/h2-5,7-9,11,17H,6,10H2,1H3/t17-/m1/s1. The zero-order chi connectivity index (χ0) is 13.9. The van der Waals surface area contributed by atoms with Crippen molar-refractivity contribution >= 4 is 6.08 Å². The van der Waals surface area contributed by atoms with E-state index in [4.69, 9.17) is 4.74 Å². The average Bonchev–Trinajstić information content (AvgIpc) is 2.88. The van der Waals surface area contributed by atoms with Gasteiger partial charge in [0.05, 0.1) is 17.0 Å². The zero-order valence-electron chi connectivity index (χ0n) is 11.4. The number of methoxy groups -OCH3 is 1. The van der Waals surface area contributed by atoms with Gasteiger partial charge in [0.2, 0.25) is 0 Å². The minimum absolute atomic E-state index is 0.136. The number of fused-ring (bicyclic) bond motifs is 1. The number of hydrogen-bond acceptors (Lipinski definition) is 2. The van der Waals surface area contributed by atoms with E-state index in [9.17, 15) is 5.26 Å². The van der Waals surface area contributed by atoms with E-state index in [1.165, 1.54) is 0 Å². The highest BCUT2D eigenvalue weighted by Crippen LogP contribution is 2.31. The van der Waals surface area contributed by atoms with Gasteiger partial charge in [-0.2, -0.15) is 5.26 Å². The summed E-state index contributed by atoms with van der Waals surface area (Å²) < 4.78 is 7.89. The highest BCUT2D eigenvalue weighted by Gasteiger charge is 2.22. The van der Waals surface area contributed by atoms with Gasteiger partial charge in [-0.05, 0) is 24.1 Å². The summed E-state index contributed by atoms with van der Waals surface area (Å²) >= 11 is 0. The molecule has 0 radical (unpaired) electrons. The van der Waals surface area contributed by atoms with Crippen LogP contribution in [0.3, 0.4) is 0 Å². The normalized spacial score (nSPS) is 14.6. The molecule has 0 unspecified atom stereocenters. The fourth-order valence-electron chi connectivity index (χ4n) is 2.77. The molecule has 0 N–H and O–H groups in total. The number of ether oxygens (including phenoxy) is 1. The maximum atomic E-state index is 9.29. The predicted octanol–water partition coefficient (Wildman–Crippen LogP) is 3.51. The van der Waals surface area contributed by atoms with Crippen LogP contribution in [0.1, 0.15) is 35.0 Å². The van der Waals surface area contributed by atoms with E-state index in [0.29, 0.717) is 5.56 Å². The summed E-state index contributed by atoms with van der Waals surface area (Å²) in [4.78, 5) is 0. The lowest BCUT2D eigenvalue weighted by molar-refractivity contribution is 0.129. The van der Waals surface area contributed by atoms with Gasteiger partial charge >= 0.3 is 0 Å². The van der Waals surface area contributed by atoms with Gasteiger partial charge in [-0.15, -0.1) is 0 Å². The Morgan fingerprint density at radius 2 is 2.10 bits per heavy atom. The van der Waals surface area contributed by atoms with Gasteiger partial charge in [0.25, 0.3) is 0 Å². The summed E-state index contributed by atoms with van der Waals surface area (Å²) in [5, 5.41) is 9.29. The molecule has 0 bridgehead atoms. The number of allylic oxidation sites excluding steroid dienone is 1. The molecule has 0 amide bonds. The molecule has 0 spiro atoms. The van der Waals surface area contributed by atoms with Crippen LogP contribution in [0, 0.1) is 11.3 Å². The molecular formula is C17H16N2O.